The molecule has 1 amide bonds. The summed E-state index contributed by atoms with van der Waals surface area (Å²) in [6, 6.07) is 4.76. The summed E-state index contributed by atoms with van der Waals surface area (Å²) in [7, 11) is -1.98. The molecule has 1 aromatic rings. The van der Waals surface area contributed by atoms with Gasteiger partial charge in [0.25, 0.3) is 15.9 Å². The number of rotatable bonds is 2. The maximum absolute atomic E-state index is 12.0. The molecule has 0 radical (unpaired) electrons. The van der Waals surface area contributed by atoms with Crippen LogP contribution in [-0.2, 0) is 10.0 Å². The van der Waals surface area contributed by atoms with Gasteiger partial charge in [-0.25, -0.2) is 12.7 Å². The Balaban J connectivity index is 2.76. The fourth-order valence-electron chi connectivity index (χ4n) is 1.84. The summed E-state index contributed by atoms with van der Waals surface area (Å²) in [5, 5.41) is 2.83. The number of hydrogen-bond donors (Lipinski definition) is 1. The highest BCUT2D eigenvalue weighted by atomic mass is 32.2. The average Bonchev–Trinajstić information content (AvgIpc) is 2.47. The van der Waals surface area contributed by atoms with Crippen molar-refractivity contribution in [3.05, 3.63) is 23.8 Å². The Kier molecular flexibility index (Phi) is 2.38. The molecule has 6 heteroatoms. The summed E-state index contributed by atoms with van der Waals surface area (Å²) >= 11 is 0. The van der Waals surface area contributed by atoms with E-state index in [0.29, 0.717) is 5.69 Å². The van der Waals surface area contributed by atoms with Crippen LogP contribution >= 0.6 is 0 Å². The van der Waals surface area contributed by atoms with E-state index in [-0.39, 0.29) is 17.0 Å². The van der Waals surface area contributed by atoms with E-state index in [1.165, 1.54) is 6.07 Å². The first-order chi connectivity index (χ1) is 7.54. The number of nitrogens with zero attached hydrogens (tertiary/aromatic N) is 1. The average molecular weight is 240 g/mol. The van der Waals surface area contributed by atoms with Crippen LogP contribution in [0.3, 0.4) is 0 Å². The van der Waals surface area contributed by atoms with Crippen LogP contribution in [-0.4, -0.2) is 32.2 Å². The highest BCUT2D eigenvalue weighted by Crippen LogP contribution is 2.34. The van der Waals surface area contributed by atoms with Crippen LogP contribution in [0.2, 0.25) is 0 Å². The van der Waals surface area contributed by atoms with Gasteiger partial charge >= 0.3 is 0 Å². The second-order valence-electron chi connectivity index (χ2n) is 3.40. The number of benzene rings is 1. The van der Waals surface area contributed by atoms with Gasteiger partial charge in [0.1, 0.15) is 4.90 Å². The predicted octanol–water partition coefficient (Wildman–Crippen LogP) is 0.893. The molecule has 0 bridgehead atoms. The number of carbonyl (C=O) groups excluding carboxylic acids is 1. The van der Waals surface area contributed by atoms with Gasteiger partial charge in [-0.2, -0.15) is 0 Å². The molecule has 1 aliphatic rings. The van der Waals surface area contributed by atoms with E-state index >= 15 is 0 Å². The predicted molar refractivity (Wildman–Crippen MR) is 59.9 cm³/mol. The summed E-state index contributed by atoms with van der Waals surface area (Å²) in [5.74, 6) is -0.456. The number of carbonyl (C=O) groups is 1. The van der Waals surface area contributed by atoms with Crippen LogP contribution in [0.1, 0.15) is 17.3 Å². The van der Waals surface area contributed by atoms with Crippen LogP contribution in [0.4, 0.5) is 5.69 Å². The molecule has 1 aromatic carbocycles. The topological polar surface area (TPSA) is 66.5 Å². The zero-order valence-electron chi connectivity index (χ0n) is 9.02. The third-order valence-electron chi connectivity index (χ3n) is 2.59. The van der Waals surface area contributed by atoms with Crippen LogP contribution < -0.4 is 5.32 Å². The molecule has 0 atom stereocenters. The maximum Gasteiger partial charge on any atom is 0.271 e. The van der Waals surface area contributed by atoms with E-state index in [1.807, 2.05) is 0 Å². The van der Waals surface area contributed by atoms with Gasteiger partial charge in [0.05, 0.1) is 5.56 Å². The monoisotopic (exact) mass is 240 g/mol. The second kappa shape index (κ2) is 3.48. The summed E-state index contributed by atoms with van der Waals surface area (Å²) in [5.41, 5.74) is 0.786. The molecule has 1 heterocycles. The molecule has 2 rings (SSSR count). The van der Waals surface area contributed by atoms with Crippen LogP contribution in [0.25, 0.3) is 0 Å². The minimum atomic E-state index is -3.63. The number of anilines is 1. The molecule has 1 aliphatic heterocycles. The Morgan fingerprint density at radius 2 is 2.06 bits per heavy atom. The summed E-state index contributed by atoms with van der Waals surface area (Å²) in [6.45, 7) is 1.79. The molecule has 0 aromatic heterocycles. The summed E-state index contributed by atoms with van der Waals surface area (Å²) < 4.78 is 24.8. The normalized spacial score (nSPS) is 17.4. The van der Waals surface area contributed by atoms with E-state index in [1.54, 1.807) is 26.1 Å². The zero-order valence-corrected chi connectivity index (χ0v) is 9.84. The van der Waals surface area contributed by atoms with Crippen molar-refractivity contribution in [1.29, 1.82) is 0 Å². The van der Waals surface area contributed by atoms with E-state index in [4.69, 9.17) is 0 Å². The standard InChI is InChI=1S/C10H12N2O3S/c1-3-12-10(13)9-7(11-2)5-4-6-8(9)16(12,14)15/h4-6,11H,3H2,1-2H3. The minimum absolute atomic E-state index is 0.0891. The van der Waals surface area contributed by atoms with Gasteiger partial charge in [0, 0.05) is 19.3 Å². The fourth-order valence-corrected chi connectivity index (χ4v) is 3.43. The molecule has 0 unspecified atom stereocenters. The third-order valence-corrected chi connectivity index (χ3v) is 4.49. The third kappa shape index (κ3) is 1.23. The van der Waals surface area contributed by atoms with Crippen molar-refractivity contribution in [2.24, 2.45) is 0 Å². The smallest absolute Gasteiger partial charge is 0.271 e. The van der Waals surface area contributed by atoms with Gasteiger partial charge in [0.15, 0.2) is 0 Å². The number of fused-ring (bicyclic) bond motifs is 1. The lowest BCUT2D eigenvalue weighted by Crippen LogP contribution is -2.29. The van der Waals surface area contributed by atoms with Crippen molar-refractivity contribution < 1.29 is 13.2 Å². The highest BCUT2D eigenvalue weighted by Gasteiger charge is 2.41. The SMILES string of the molecule is CCN1C(=O)c2c(NC)cccc2S1(=O)=O. The molecule has 0 spiro atoms. The molecule has 0 aliphatic carbocycles. The molecule has 0 saturated carbocycles. The van der Waals surface area contributed by atoms with Crippen LogP contribution in [0.5, 0.6) is 0 Å². The lowest BCUT2D eigenvalue weighted by molar-refractivity contribution is 0.0876. The second-order valence-corrected chi connectivity index (χ2v) is 5.23. The first-order valence-corrected chi connectivity index (χ1v) is 6.36. The van der Waals surface area contributed by atoms with Crippen molar-refractivity contribution in [3.8, 4) is 0 Å². The van der Waals surface area contributed by atoms with Crippen molar-refractivity contribution in [2.75, 3.05) is 18.9 Å². The van der Waals surface area contributed by atoms with Gasteiger partial charge < -0.3 is 5.32 Å². The van der Waals surface area contributed by atoms with Crippen molar-refractivity contribution in [3.63, 3.8) is 0 Å². The summed E-state index contributed by atoms with van der Waals surface area (Å²) in [6.07, 6.45) is 0. The molecule has 86 valence electrons. The Bertz CT molecular complexity index is 551. The Hall–Kier alpha value is -1.56. The number of sulfonamides is 1. The molecule has 0 saturated heterocycles. The lowest BCUT2D eigenvalue weighted by Gasteiger charge is -2.11. The van der Waals surface area contributed by atoms with E-state index in [9.17, 15) is 13.2 Å². The van der Waals surface area contributed by atoms with E-state index in [2.05, 4.69) is 5.32 Å². The minimum Gasteiger partial charge on any atom is -0.387 e. The Morgan fingerprint density at radius 1 is 1.38 bits per heavy atom. The van der Waals surface area contributed by atoms with Gasteiger partial charge in [0.2, 0.25) is 0 Å². The van der Waals surface area contributed by atoms with Crippen molar-refractivity contribution >= 4 is 21.6 Å². The quantitative estimate of drug-likeness (QED) is 0.833. The number of amides is 1. The van der Waals surface area contributed by atoms with Gasteiger partial charge in [-0.15, -0.1) is 0 Å². The Labute approximate surface area is 94.1 Å². The molecule has 5 nitrogen and oxygen atoms in total. The number of nitrogens with one attached hydrogen (secondary N) is 1. The van der Waals surface area contributed by atoms with Crippen molar-refractivity contribution in [2.45, 2.75) is 11.8 Å². The molecule has 16 heavy (non-hydrogen) atoms. The first kappa shape index (κ1) is 10.9. The molecular weight excluding hydrogens is 228 g/mol. The van der Waals surface area contributed by atoms with Crippen LogP contribution in [0, 0.1) is 0 Å². The number of hydrogen-bond acceptors (Lipinski definition) is 4. The Morgan fingerprint density at radius 3 is 2.62 bits per heavy atom. The zero-order chi connectivity index (χ0) is 11.9. The van der Waals surface area contributed by atoms with Gasteiger partial charge in [-0.3, -0.25) is 4.79 Å². The highest BCUT2D eigenvalue weighted by molar-refractivity contribution is 7.90. The van der Waals surface area contributed by atoms with Crippen molar-refractivity contribution in [1.82, 2.24) is 4.31 Å². The largest absolute Gasteiger partial charge is 0.387 e. The lowest BCUT2D eigenvalue weighted by atomic mass is 10.1. The fraction of sp³-hybridized carbons (Fsp3) is 0.300. The molecule has 1 N–H and O–H groups in total. The molecular formula is C10H12N2O3S. The van der Waals surface area contributed by atoms with Gasteiger partial charge in [-0.1, -0.05) is 6.07 Å². The first-order valence-electron chi connectivity index (χ1n) is 4.92. The maximum atomic E-state index is 12.0. The van der Waals surface area contributed by atoms with Crippen LogP contribution in [0.15, 0.2) is 23.1 Å². The summed E-state index contributed by atoms with van der Waals surface area (Å²) in [4.78, 5) is 12.0. The van der Waals surface area contributed by atoms with E-state index < -0.39 is 15.9 Å². The van der Waals surface area contributed by atoms with Gasteiger partial charge in [-0.05, 0) is 19.1 Å². The van der Waals surface area contributed by atoms with E-state index in [0.717, 1.165) is 4.31 Å². The molecule has 0 fully saturated rings.